The van der Waals surface area contributed by atoms with Crippen LogP contribution in [0.2, 0.25) is 0 Å². The molecule has 10 heteroatoms. The van der Waals surface area contributed by atoms with Crippen LogP contribution in [0.1, 0.15) is 28.9 Å². The van der Waals surface area contributed by atoms with Crippen molar-refractivity contribution in [2.75, 3.05) is 33.4 Å². The molecule has 1 atom stereocenters. The van der Waals surface area contributed by atoms with Gasteiger partial charge in [0.2, 0.25) is 10.0 Å². The van der Waals surface area contributed by atoms with Gasteiger partial charge in [-0.05, 0) is 42.8 Å². The van der Waals surface area contributed by atoms with E-state index in [0.717, 1.165) is 12.1 Å². The van der Waals surface area contributed by atoms with Gasteiger partial charge < -0.3 is 14.8 Å². The van der Waals surface area contributed by atoms with Crippen LogP contribution in [0.5, 0.6) is 5.75 Å². The number of halogens is 2. The van der Waals surface area contributed by atoms with Crippen LogP contribution in [0, 0.1) is 11.6 Å². The second-order valence-corrected chi connectivity index (χ2v) is 8.69. The fourth-order valence-corrected chi connectivity index (χ4v) is 4.54. The van der Waals surface area contributed by atoms with Crippen molar-refractivity contribution in [3.8, 4) is 5.75 Å². The zero-order valence-corrected chi connectivity index (χ0v) is 17.3. The van der Waals surface area contributed by atoms with Crippen molar-refractivity contribution in [3.63, 3.8) is 0 Å². The molecule has 7 nitrogen and oxygen atoms in total. The molecule has 0 aliphatic carbocycles. The maximum absolute atomic E-state index is 13.5. The minimum Gasteiger partial charge on any atom is -0.496 e. The van der Waals surface area contributed by atoms with E-state index >= 15 is 0 Å². The molecule has 1 fully saturated rings. The van der Waals surface area contributed by atoms with Crippen LogP contribution in [0.4, 0.5) is 8.78 Å². The number of carbonyl (C=O) groups excluding carboxylic acids is 1. The molecule has 1 N–H and O–H groups in total. The van der Waals surface area contributed by atoms with Crippen LogP contribution in [0.25, 0.3) is 0 Å². The smallest absolute Gasteiger partial charge is 0.255 e. The number of amides is 1. The van der Waals surface area contributed by atoms with Crippen molar-refractivity contribution >= 4 is 15.9 Å². The molecule has 1 aliphatic heterocycles. The summed E-state index contributed by atoms with van der Waals surface area (Å²) >= 11 is 0. The molecule has 30 heavy (non-hydrogen) atoms. The topological polar surface area (TPSA) is 84.9 Å². The molecule has 0 bridgehead atoms. The summed E-state index contributed by atoms with van der Waals surface area (Å²) in [5.41, 5.74) is 0.375. The fourth-order valence-electron chi connectivity index (χ4n) is 3.10. The Labute approximate surface area is 173 Å². The highest BCUT2D eigenvalue weighted by molar-refractivity contribution is 7.89. The highest BCUT2D eigenvalue weighted by atomic mass is 32.2. The highest BCUT2D eigenvalue weighted by Crippen LogP contribution is 2.26. The van der Waals surface area contributed by atoms with Gasteiger partial charge in [-0.15, -0.1) is 0 Å². The number of ether oxygens (including phenoxy) is 2. The molecule has 1 heterocycles. The van der Waals surface area contributed by atoms with Crippen LogP contribution in [0.15, 0.2) is 41.3 Å². The Hall–Kier alpha value is -2.56. The molecule has 0 radical (unpaired) electrons. The largest absolute Gasteiger partial charge is 0.496 e. The van der Waals surface area contributed by atoms with E-state index in [4.69, 9.17) is 9.47 Å². The lowest BCUT2D eigenvalue weighted by atomic mass is 10.1. The first-order valence-corrected chi connectivity index (χ1v) is 10.7. The first-order valence-electron chi connectivity index (χ1n) is 9.26. The van der Waals surface area contributed by atoms with Gasteiger partial charge in [-0.3, -0.25) is 4.79 Å². The monoisotopic (exact) mass is 440 g/mol. The summed E-state index contributed by atoms with van der Waals surface area (Å²) in [6, 6.07) is 6.71. The minimum atomic E-state index is -3.81. The molecule has 0 spiro atoms. The van der Waals surface area contributed by atoms with Crippen molar-refractivity contribution < 1.29 is 31.5 Å². The van der Waals surface area contributed by atoms with E-state index in [-0.39, 0.29) is 29.3 Å². The Morgan fingerprint density at radius 1 is 1.13 bits per heavy atom. The van der Waals surface area contributed by atoms with Gasteiger partial charge in [0.15, 0.2) is 11.6 Å². The van der Waals surface area contributed by atoms with Crippen LogP contribution in [0.3, 0.4) is 0 Å². The molecule has 162 valence electrons. The van der Waals surface area contributed by atoms with Crippen LogP contribution in [-0.2, 0) is 14.8 Å². The third-order valence-electron chi connectivity index (χ3n) is 4.81. The van der Waals surface area contributed by atoms with Crippen molar-refractivity contribution in [3.05, 3.63) is 59.2 Å². The van der Waals surface area contributed by atoms with Gasteiger partial charge in [0.25, 0.3) is 5.91 Å². The number of benzene rings is 2. The van der Waals surface area contributed by atoms with Gasteiger partial charge in [0.1, 0.15) is 5.75 Å². The Morgan fingerprint density at radius 3 is 2.47 bits per heavy atom. The number of hydrogen-bond acceptors (Lipinski definition) is 5. The lowest BCUT2D eigenvalue weighted by Crippen LogP contribution is -2.40. The summed E-state index contributed by atoms with van der Waals surface area (Å²) in [5.74, 6) is -2.43. The number of sulfonamides is 1. The molecule has 0 saturated carbocycles. The Balaban J connectivity index is 1.87. The van der Waals surface area contributed by atoms with Gasteiger partial charge in [-0.2, -0.15) is 4.31 Å². The maximum Gasteiger partial charge on any atom is 0.255 e. The molecule has 2 aromatic rings. The van der Waals surface area contributed by atoms with Crippen LogP contribution >= 0.6 is 0 Å². The zero-order chi connectivity index (χ0) is 21.9. The number of hydrogen-bond donors (Lipinski definition) is 1. The molecule has 1 aliphatic rings. The molecule has 1 saturated heterocycles. The van der Waals surface area contributed by atoms with E-state index in [2.05, 4.69) is 5.32 Å². The predicted molar refractivity (Wildman–Crippen MR) is 105 cm³/mol. The number of carbonyl (C=O) groups is 1. The Bertz CT molecular complexity index is 1040. The number of nitrogens with zero attached hydrogens (tertiary/aromatic N) is 1. The quantitative estimate of drug-likeness (QED) is 0.746. The van der Waals surface area contributed by atoms with E-state index < -0.39 is 33.6 Å². The lowest BCUT2D eigenvalue weighted by Gasteiger charge is -2.26. The van der Waals surface area contributed by atoms with Crippen molar-refractivity contribution in [2.24, 2.45) is 0 Å². The van der Waals surface area contributed by atoms with Gasteiger partial charge >= 0.3 is 0 Å². The van der Waals surface area contributed by atoms with Crippen molar-refractivity contribution in [1.82, 2.24) is 9.62 Å². The third kappa shape index (κ3) is 4.61. The summed E-state index contributed by atoms with van der Waals surface area (Å²) in [5, 5.41) is 2.66. The summed E-state index contributed by atoms with van der Waals surface area (Å²) in [7, 11) is -2.45. The maximum atomic E-state index is 13.5. The van der Waals surface area contributed by atoms with E-state index in [1.165, 1.54) is 35.7 Å². The minimum absolute atomic E-state index is 0.0151. The third-order valence-corrected chi connectivity index (χ3v) is 6.71. The zero-order valence-electron chi connectivity index (χ0n) is 16.5. The Morgan fingerprint density at radius 2 is 1.83 bits per heavy atom. The molecule has 1 unspecified atom stereocenters. The summed E-state index contributed by atoms with van der Waals surface area (Å²) in [4.78, 5) is 12.8. The first kappa shape index (κ1) is 22.1. The van der Waals surface area contributed by atoms with Crippen LogP contribution < -0.4 is 10.1 Å². The van der Waals surface area contributed by atoms with Gasteiger partial charge in [-0.1, -0.05) is 6.07 Å². The summed E-state index contributed by atoms with van der Waals surface area (Å²) < 4.78 is 64.1. The number of rotatable bonds is 6. The van der Waals surface area contributed by atoms with E-state index in [1.807, 2.05) is 0 Å². The number of nitrogens with one attached hydrogen (secondary N) is 1. The standard InChI is InChI=1S/C20H22F2N2O5S/c1-13(14-3-5-17(21)18(22)11-14)23-20(25)16-12-15(4-6-19(16)28-2)30(26,27)24-7-9-29-10-8-24/h3-6,11-13H,7-10H2,1-2H3,(H,23,25). The summed E-state index contributed by atoms with van der Waals surface area (Å²) in [6.45, 7) is 2.65. The average molecular weight is 440 g/mol. The fraction of sp³-hybridized carbons (Fsp3) is 0.350. The van der Waals surface area contributed by atoms with Crippen molar-refractivity contribution in [1.29, 1.82) is 0 Å². The Kier molecular flexibility index (Phi) is 6.69. The molecule has 3 rings (SSSR count). The van der Waals surface area contributed by atoms with Crippen LogP contribution in [-0.4, -0.2) is 52.0 Å². The van der Waals surface area contributed by atoms with E-state index in [1.54, 1.807) is 6.92 Å². The van der Waals surface area contributed by atoms with Crippen molar-refractivity contribution in [2.45, 2.75) is 17.9 Å². The van der Waals surface area contributed by atoms with Gasteiger partial charge in [0.05, 0.1) is 36.8 Å². The summed E-state index contributed by atoms with van der Waals surface area (Å²) in [6.07, 6.45) is 0. The second-order valence-electron chi connectivity index (χ2n) is 6.75. The second kappa shape index (κ2) is 9.07. The van der Waals surface area contributed by atoms with Gasteiger partial charge in [-0.25, -0.2) is 17.2 Å². The van der Waals surface area contributed by atoms with E-state index in [9.17, 15) is 22.0 Å². The molecular formula is C20H22F2N2O5S. The molecule has 1 amide bonds. The molecule has 0 aromatic heterocycles. The average Bonchev–Trinajstić information content (AvgIpc) is 2.75. The predicted octanol–water partition coefficient (Wildman–Crippen LogP) is 2.49. The first-order chi connectivity index (χ1) is 14.2. The molecular weight excluding hydrogens is 418 g/mol. The normalized spacial score (nSPS) is 16.1. The highest BCUT2D eigenvalue weighted by Gasteiger charge is 2.28. The SMILES string of the molecule is COc1ccc(S(=O)(=O)N2CCOCC2)cc1C(=O)NC(C)c1ccc(F)c(F)c1. The lowest BCUT2D eigenvalue weighted by molar-refractivity contribution is 0.0730. The van der Waals surface area contributed by atoms with Gasteiger partial charge in [0, 0.05) is 13.1 Å². The number of morpholine rings is 1. The molecule has 2 aromatic carbocycles. The van der Waals surface area contributed by atoms with E-state index in [0.29, 0.717) is 18.8 Å². The number of methoxy groups -OCH3 is 1.